The number of hydrogen-bond acceptors (Lipinski definition) is 1. The van der Waals surface area contributed by atoms with Crippen molar-refractivity contribution >= 4 is 0 Å². The predicted octanol–water partition coefficient (Wildman–Crippen LogP) is 6.31. The van der Waals surface area contributed by atoms with E-state index in [1.807, 2.05) is 18.2 Å². The topological polar surface area (TPSA) is 9.23 Å². The van der Waals surface area contributed by atoms with Crippen LogP contribution in [0.25, 0.3) is 0 Å². The summed E-state index contributed by atoms with van der Waals surface area (Å²) in [5.41, 5.74) is 7.15. The largest absolute Gasteiger partial charge is 0.489 e. The highest BCUT2D eigenvalue weighted by Gasteiger charge is 2.16. The molecule has 1 aliphatic rings. The van der Waals surface area contributed by atoms with Crippen LogP contribution in [-0.2, 0) is 25.9 Å². The molecule has 1 atom stereocenters. The molecule has 0 N–H and O–H groups in total. The molecule has 0 aromatic heterocycles. The van der Waals surface area contributed by atoms with Crippen LogP contribution in [0.4, 0.5) is 0 Å². The van der Waals surface area contributed by atoms with Crippen molar-refractivity contribution in [1.29, 1.82) is 0 Å². The molecule has 1 unspecified atom stereocenters. The van der Waals surface area contributed by atoms with Crippen molar-refractivity contribution in [3.8, 4) is 5.75 Å². The van der Waals surface area contributed by atoms with Crippen LogP contribution in [0.1, 0.15) is 40.7 Å². The van der Waals surface area contributed by atoms with Gasteiger partial charge < -0.3 is 4.74 Å². The molecule has 1 nitrogen and oxygen atoms in total. The van der Waals surface area contributed by atoms with Crippen molar-refractivity contribution < 1.29 is 4.74 Å². The lowest BCUT2D eigenvalue weighted by Gasteiger charge is -2.14. The van der Waals surface area contributed by atoms with Crippen LogP contribution < -0.4 is 4.74 Å². The van der Waals surface area contributed by atoms with Gasteiger partial charge in [-0.3, -0.25) is 0 Å². The first kappa shape index (κ1) is 17.9. The highest BCUT2D eigenvalue weighted by Crippen LogP contribution is 2.28. The second kappa shape index (κ2) is 8.43. The van der Waals surface area contributed by atoms with Crippen molar-refractivity contribution in [3.05, 3.63) is 101 Å². The van der Waals surface area contributed by atoms with E-state index in [2.05, 4.69) is 61.5 Å². The van der Waals surface area contributed by atoms with Crippen molar-refractivity contribution in [2.75, 3.05) is 0 Å². The van der Waals surface area contributed by atoms with E-state index < -0.39 is 0 Å². The number of ether oxygens (including phenoxy) is 1. The Morgan fingerprint density at radius 1 is 0.778 bits per heavy atom. The van der Waals surface area contributed by atoms with E-state index in [4.69, 9.17) is 4.74 Å². The maximum absolute atomic E-state index is 5.91. The molecule has 0 bridgehead atoms. The fourth-order valence-corrected chi connectivity index (χ4v) is 4.10. The zero-order valence-corrected chi connectivity index (χ0v) is 16.2. The monoisotopic (exact) mass is 356 g/mol. The molecule has 27 heavy (non-hydrogen) atoms. The molecule has 138 valence electrons. The molecule has 0 fully saturated rings. The fraction of sp³-hybridized carbons (Fsp3) is 0.308. The molecule has 0 saturated carbocycles. The maximum atomic E-state index is 5.91. The summed E-state index contributed by atoms with van der Waals surface area (Å²) in [5, 5.41) is 0. The molecular formula is C26H28O. The Hall–Kier alpha value is -2.54. The number of hydrogen-bond donors (Lipinski definition) is 0. The molecule has 3 aromatic carbocycles. The van der Waals surface area contributed by atoms with Crippen LogP contribution in [0.5, 0.6) is 5.75 Å². The van der Waals surface area contributed by atoms with Gasteiger partial charge in [-0.05, 0) is 79.3 Å². The highest BCUT2D eigenvalue weighted by atomic mass is 16.5. The maximum Gasteiger partial charge on any atom is 0.119 e. The van der Waals surface area contributed by atoms with Crippen molar-refractivity contribution in [3.63, 3.8) is 0 Å². The molecule has 0 heterocycles. The van der Waals surface area contributed by atoms with Gasteiger partial charge in [0.05, 0.1) is 0 Å². The van der Waals surface area contributed by atoms with Crippen LogP contribution in [0, 0.1) is 12.8 Å². The van der Waals surface area contributed by atoms with Crippen molar-refractivity contribution in [1.82, 2.24) is 0 Å². The molecule has 0 radical (unpaired) electrons. The van der Waals surface area contributed by atoms with Gasteiger partial charge in [0.1, 0.15) is 12.4 Å². The van der Waals surface area contributed by atoms with Gasteiger partial charge in [-0.2, -0.15) is 0 Å². The molecule has 1 aliphatic carbocycles. The average Bonchev–Trinajstić information content (AvgIpc) is 2.90. The van der Waals surface area contributed by atoms with Gasteiger partial charge in [-0.15, -0.1) is 0 Å². The lowest BCUT2D eigenvalue weighted by molar-refractivity contribution is 0.306. The van der Waals surface area contributed by atoms with E-state index in [9.17, 15) is 0 Å². The van der Waals surface area contributed by atoms with Crippen LogP contribution in [0.2, 0.25) is 0 Å². The van der Waals surface area contributed by atoms with Gasteiger partial charge in [0.15, 0.2) is 0 Å². The summed E-state index contributed by atoms with van der Waals surface area (Å²) < 4.78 is 5.91. The first-order chi connectivity index (χ1) is 13.3. The SMILES string of the molecule is Cc1ccc2c(c1)CCC(Cc1ccc(OCc3ccccc3)cc1)CC2. The second-order valence-electron chi connectivity index (χ2n) is 7.84. The van der Waals surface area contributed by atoms with E-state index in [1.54, 1.807) is 11.1 Å². The van der Waals surface area contributed by atoms with Gasteiger partial charge >= 0.3 is 0 Å². The van der Waals surface area contributed by atoms with Crippen molar-refractivity contribution in [2.45, 2.75) is 45.6 Å². The summed E-state index contributed by atoms with van der Waals surface area (Å²) in [6, 6.07) is 26.0. The van der Waals surface area contributed by atoms with E-state index in [0.29, 0.717) is 6.61 Å². The van der Waals surface area contributed by atoms with Crippen LogP contribution >= 0.6 is 0 Å². The van der Waals surface area contributed by atoms with Gasteiger partial charge in [0.25, 0.3) is 0 Å². The number of fused-ring (bicyclic) bond motifs is 1. The normalized spacial score (nSPS) is 16.4. The van der Waals surface area contributed by atoms with E-state index in [0.717, 1.165) is 11.7 Å². The summed E-state index contributed by atoms with van der Waals surface area (Å²) in [5.74, 6) is 1.72. The van der Waals surface area contributed by atoms with E-state index in [1.165, 1.54) is 48.8 Å². The fourth-order valence-electron chi connectivity index (χ4n) is 4.10. The Morgan fingerprint density at radius 3 is 2.30 bits per heavy atom. The third-order valence-corrected chi connectivity index (χ3v) is 5.70. The first-order valence-corrected chi connectivity index (χ1v) is 10.1. The Bertz CT molecular complexity index is 864. The Kier molecular flexibility index (Phi) is 5.58. The Morgan fingerprint density at radius 2 is 1.52 bits per heavy atom. The quantitative estimate of drug-likeness (QED) is 0.487. The third kappa shape index (κ3) is 4.80. The lowest BCUT2D eigenvalue weighted by atomic mass is 9.92. The van der Waals surface area contributed by atoms with Crippen LogP contribution in [0.15, 0.2) is 72.8 Å². The first-order valence-electron chi connectivity index (χ1n) is 10.1. The molecular weight excluding hydrogens is 328 g/mol. The highest BCUT2D eigenvalue weighted by molar-refractivity contribution is 5.33. The molecule has 0 saturated heterocycles. The summed E-state index contributed by atoms with van der Waals surface area (Å²) in [6.07, 6.45) is 6.20. The second-order valence-corrected chi connectivity index (χ2v) is 7.84. The molecule has 3 aromatic rings. The number of benzene rings is 3. The Labute approximate surface area is 163 Å². The zero-order valence-electron chi connectivity index (χ0n) is 16.2. The smallest absolute Gasteiger partial charge is 0.119 e. The van der Waals surface area contributed by atoms with E-state index in [-0.39, 0.29) is 0 Å². The summed E-state index contributed by atoms with van der Waals surface area (Å²) in [6.45, 7) is 2.82. The summed E-state index contributed by atoms with van der Waals surface area (Å²) in [4.78, 5) is 0. The summed E-state index contributed by atoms with van der Waals surface area (Å²) >= 11 is 0. The molecule has 0 amide bonds. The minimum atomic E-state index is 0.625. The van der Waals surface area contributed by atoms with Gasteiger partial charge in [-0.1, -0.05) is 66.2 Å². The van der Waals surface area contributed by atoms with Crippen molar-refractivity contribution in [2.24, 2.45) is 5.92 Å². The molecule has 4 rings (SSSR count). The average molecular weight is 357 g/mol. The van der Waals surface area contributed by atoms with Crippen LogP contribution in [0.3, 0.4) is 0 Å². The molecule has 0 spiro atoms. The number of rotatable bonds is 5. The molecule has 0 aliphatic heterocycles. The van der Waals surface area contributed by atoms with Crippen LogP contribution in [-0.4, -0.2) is 0 Å². The van der Waals surface area contributed by atoms with Gasteiger partial charge in [0, 0.05) is 0 Å². The number of aryl methyl sites for hydroxylation is 3. The van der Waals surface area contributed by atoms with Gasteiger partial charge in [-0.25, -0.2) is 0 Å². The zero-order chi connectivity index (χ0) is 18.5. The Balaban J connectivity index is 1.32. The molecule has 1 heteroatoms. The lowest BCUT2D eigenvalue weighted by Crippen LogP contribution is -2.05. The van der Waals surface area contributed by atoms with Gasteiger partial charge in [0.2, 0.25) is 0 Å². The standard InChI is InChI=1S/C26H28O/c1-20-7-12-24-13-8-21(9-14-25(24)17-20)18-22-10-15-26(16-11-22)27-19-23-5-3-2-4-6-23/h2-7,10-12,15-17,21H,8-9,13-14,18-19H2,1H3. The predicted molar refractivity (Wildman–Crippen MR) is 112 cm³/mol. The third-order valence-electron chi connectivity index (χ3n) is 5.70. The summed E-state index contributed by atoms with van der Waals surface area (Å²) in [7, 11) is 0. The minimum Gasteiger partial charge on any atom is -0.489 e. The minimum absolute atomic E-state index is 0.625. The van der Waals surface area contributed by atoms with E-state index >= 15 is 0 Å².